The quantitative estimate of drug-likeness (QED) is 0.706. The minimum atomic E-state index is -3.19. The van der Waals surface area contributed by atoms with Gasteiger partial charge in [-0.2, -0.15) is 0 Å². The van der Waals surface area contributed by atoms with Crippen LogP contribution in [0, 0.1) is 0 Å². The topological polar surface area (TPSA) is 81.5 Å². The molecule has 2 rings (SSSR count). The largest absolute Gasteiger partial charge is 0.394 e. The Morgan fingerprint density at radius 2 is 2.20 bits per heavy atom. The van der Waals surface area contributed by atoms with Gasteiger partial charge in [0.1, 0.15) is 24.6 Å². The molecule has 1 fully saturated rings. The van der Waals surface area contributed by atoms with Crippen LogP contribution in [0.2, 0.25) is 0 Å². The Hall–Kier alpha value is -1.54. The molecule has 1 atom stereocenters. The van der Waals surface area contributed by atoms with Crippen LogP contribution in [0.15, 0.2) is 12.4 Å². The molecule has 0 saturated carbocycles. The second kappa shape index (κ2) is 6.27. The third-order valence-electron chi connectivity index (χ3n) is 3.29. The Bertz CT molecular complexity index is 447. The SMILES string of the molecule is OCC1CCCN1c1cc(NCC(F)(F)CO)ncn1. The molecule has 8 heteroatoms. The van der Waals surface area contributed by atoms with Crippen molar-refractivity contribution in [2.24, 2.45) is 0 Å². The van der Waals surface area contributed by atoms with Crippen molar-refractivity contribution in [3.05, 3.63) is 12.4 Å². The molecule has 0 bridgehead atoms. The number of aromatic nitrogens is 2. The molecule has 0 aromatic carbocycles. The molecule has 3 N–H and O–H groups in total. The van der Waals surface area contributed by atoms with Gasteiger partial charge in [-0.05, 0) is 12.8 Å². The number of rotatable bonds is 6. The first-order chi connectivity index (χ1) is 9.55. The van der Waals surface area contributed by atoms with E-state index in [0.717, 1.165) is 19.4 Å². The zero-order valence-corrected chi connectivity index (χ0v) is 11.0. The number of nitrogens with one attached hydrogen (secondary N) is 1. The maximum atomic E-state index is 13.0. The highest BCUT2D eigenvalue weighted by molar-refractivity contribution is 5.50. The smallest absolute Gasteiger partial charge is 0.287 e. The van der Waals surface area contributed by atoms with E-state index in [4.69, 9.17) is 5.11 Å². The van der Waals surface area contributed by atoms with Gasteiger partial charge in [0.2, 0.25) is 0 Å². The monoisotopic (exact) mass is 288 g/mol. The molecule has 0 amide bonds. The van der Waals surface area contributed by atoms with E-state index in [0.29, 0.717) is 5.82 Å². The van der Waals surface area contributed by atoms with Crippen LogP contribution in [0.3, 0.4) is 0 Å². The Balaban J connectivity index is 2.04. The molecular weight excluding hydrogens is 270 g/mol. The van der Waals surface area contributed by atoms with Crippen LogP contribution in [0.4, 0.5) is 20.4 Å². The summed E-state index contributed by atoms with van der Waals surface area (Å²) in [5, 5.41) is 20.3. The number of nitrogens with zero attached hydrogens (tertiary/aromatic N) is 3. The number of hydrogen-bond acceptors (Lipinski definition) is 6. The van der Waals surface area contributed by atoms with E-state index in [1.54, 1.807) is 6.07 Å². The van der Waals surface area contributed by atoms with Crippen LogP contribution < -0.4 is 10.2 Å². The standard InChI is InChI=1S/C12H18F2N4O2/c13-12(14,7-20)6-15-10-4-11(17-8-16-10)18-3-1-2-9(18)5-19/h4,8-9,19-20H,1-3,5-7H2,(H,15,16,17). The summed E-state index contributed by atoms with van der Waals surface area (Å²) < 4.78 is 25.9. The number of hydrogen-bond donors (Lipinski definition) is 3. The molecule has 1 aliphatic rings. The van der Waals surface area contributed by atoms with Crippen molar-refractivity contribution in [2.45, 2.75) is 24.8 Å². The molecule has 20 heavy (non-hydrogen) atoms. The molecular formula is C12H18F2N4O2. The highest BCUT2D eigenvalue weighted by atomic mass is 19.3. The first-order valence-electron chi connectivity index (χ1n) is 6.48. The van der Waals surface area contributed by atoms with Gasteiger partial charge >= 0.3 is 0 Å². The fraction of sp³-hybridized carbons (Fsp3) is 0.667. The summed E-state index contributed by atoms with van der Waals surface area (Å²) in [7, 11) is 0. The average Bonchev–Trinajstić information content (AvgIpc) is 2.94. The van der Waals surface area contributed by atoms with Crippen molar-refractivity contribution in [1.82, 2.24) is 9.97 Å². The van der Waals surface area contributed by atoms with Crippen molar-refractivity contribution in [2.75, 3.05) is 36.5 Å². The zero-order chi connectivity index (χ0) is 14.6. The Morgan fingerprint density at radius 1 is 1.40 bits per heavy atom. The Labute approximate surface area is 115 Å². The predicted octanol–water partition coefficient (Wildman–Crippen LogP) is 0.477. The summed E-state index contributed by atoms with van der Waals surface area (Å²) in [6, 6.07) is 1.58. The van der Waals surface area contributed by atoms with Gasteiger partial charge in [-0.3, -0.25) is 0 Å². The fourth-order valence-electron chi connectivity index (χ4n) is 2.20. The van der Waals surface area contributed by atoms with E-state index in [-0.39, 0.29) is 18.5 Å². The highest BCUT2D eigenvalue weighted by Gasteiger charge is 2.28. The Morgan fingerprint density at radius 3 is 2.90 bits per heavy atom. The van der Waals surface area contributed by atoms with Crippen LogP contribution >= 0.6 is 0 Å². The van der Waals surface area contributed by atoms with Gasteiger partial charge < -0.3 is 20.4 Å². The highest BCUT2D eigenvalue weighted by Crippen LogP contribution is 2.24. The molecule has 1 aromatic heterocycles. The van der Waals surface area contributed by atoms with Crippen LogP contribution in [-0.4, -0.2) is 58.4 Å². The van der Waals surface area contributed by atoms with E-state index in [1.807, 2.05) is 4.90 Å². The van der Waals surface area contributed by atoms with Crippen LogP contribution in [0.25, 0.3) is 0 Å². The van der Waals surface area contributed by atoms with E-state index in [2.05, 4.69) is 15.3 Å². The molecule has 112 valence electrons. The maximum absolute atomic E-state index is 13.0. The van der Waals surface area contributed by atoms with Crippen molar-refractivity contribution in [3.63, 3.8) is 0 Å². The van der Waals surface area contributed by atoms with Gasteiger partial charge in [-0.1, -0.05) is 0 Å². The molecule has 0 radical (unpaired) electrons. The fourth-order valence-corrected chi connectivity index (χ4v) is 2.20. The minimum absolute atomic E-state index is 0.0108. The van der Waals surface area contributed by atoms with Crippen molar-refractivity contribution in [3.8, 4) is 0 Å². The van der Waals surface area contributed by atoms with Gasteiger partial charge in [0, 0.05) is 12.6 Å². The lowest BCUT2D eigenvalue weighted by atomic mass is 10.2. The van der Waals surface area contributed by atoms with Gasteiger partial charge in [0.25, 0.3) is 5.92 Å². The predicted molar refractivity (Wildman–Crippen MR) is 70.0 cm³/mol. The zero-order valence-electron chi connectivity index (χ0n) is 11.0. The van der Waals surface area contributed by atoms with Gasteiger partial charge in [-0.25, -0.2) is 18.7 Å². The van der Waals surface area contributed by atoms with Crippen LogP contribution in [-0.2, 0) is 0 Å². The normalized spacial score (nSPS) is 19.4. The number of aliphatic hydroxyl groups excluding tert-OH is 2. The summed E-state index contributed by atoms with van der Waals surface area (Å²) in [6.45, 7) is -1.09. The van der Waals surface area contributed by atoms with Gasteiger partial charge in [-0.15, -0.1) is 0 Å². The molecule has 6 nitrogen and oxygen atoms in total. The van der Waals surface area contributed by atoms with Crippen molar-refractivity contribution >= 4 is 11.6 Å². The average molecular weight is 288 g/mol. The molecule has 1 aromatic rings. The molecule has 0 spiro atoms. The summed E-state index contributed by atoms with van der Waals surface area (Å²) in [4.78, 5) is 9.93. The summed E-state index contributed by atoms with van der Waals surface area (Å²) in [5.74, 6) is -2.31. The molecule has 1 unspecified atom stereocenters. The van der Waals surface area contributed by atoms with Crippen LogP contribution in [0.1, 0.15) is 12.8 Å². The van der Waals surface area contributed by atoms with Crippen molar-refractivity contribution in [1.29, 1.82) is 0 Å². The summed E-state index contributed by atoms with van der Waals surface area (Å²) in [5.41, 5.74) is 0. The van der Waals surface area contributed by atoms with Gasteiger partial charge in [0.15, 0.2) is 0 Å². The molecule has 1 saturated heterocycles. The number of alkyl halides is 2. The molecule has 0 aliphatic carbocycles. The third kappa shape index (κ3) is 3.51. The first kappa shape index (κ1) is 14.9. The van der Waals surface area contributed by atoms with Crippen molar-refractivity contribution < 1.29 is 19.0 Å². The minimum Gasteiger partial charge on any atom is -0.394 e. The Kier molecular flexibility index (Phi) is 4.66. The first-order valence-corrected chi connectivity index (χ1v) is 6.48. The van der Waals surface area contributed by atoms with E-state index in [1.165, 1.54) is 6.33 Å². The number of anilines is 2. The van der Waals surface area contributed by atoms with E-state index < -0.39 is 19.1 Å². The van der Waals surface area contributed by atoms with Gasteiger partial charge in [0.05, 0.1) is 19.2 Å². The lowest BCUT2D eigenvalue weighted by molar-refractivity contribution is -0.0373. The summed E-state index contributed by atoms with van der Waals surface area (Å²) in [6.07, 6.45) is 3.13. The third-order valence-corrected chi connectivity index (χ3v) is 3.29. The van der Waals surface area contributed by atoms with E-state index >= 15 is 0 Å². The summed E-state index contributed by atoms with van der Waals surface area (Å²) >= 11 is 0. The second-order valence-corrected chi connectivity index (χ2v) is 4.80. The number of halogens is 2. The lowest BCUT2D eigenvalue weighted by Gasteiger charge is -2.24. The maximum Gasteiger partial charge on any atom is 0.287 e. The second-order valence-electron chi connectivity index (χ2n) is 4.80. The van der Waals surface area contributed by atoms with E-state index in [9.17, 15) is 13.9 Å². The van der Waals surface area contributed by atoms with Crippen LogP contribution in [0.5, 0.6) is 0 Å². The lowest BCUT2D eigenvalue weighted by Crippen LogP contribution is -2.33. The molecule has 1 aliphatic heterocycles. The number of aliphatic hydroxyl groups is 2. The molecule has 2 heterocycles.